The van der Waals surface area contributed by atoms with Crippen LogP contribution in [0.1, 0.15) is 11.6 Å². The Labute approximate surface area is 160 Å². The van der Waals surface area contributed by atoms with E-state index in [4.69, 9.17) is 10.5 Å². The second kappa shape index (κ2) is 7.98. The number of amides is 2. The minimum absolute atomic E-state index is 0. The summed E-state index contributed by atoms with van der Waals surface area (Å²) < 4.78 is 5.06. The molecule has 0 saturated carbocycles. The van der Waals surface area contributed by atoms with Crippen molar-refractivity contribution in [1.82, 2.24) is 10.2 Å². The van der Waals surface area contributed by atoms with Crippen molar-refractivity contribution in [1.29, 1.82) is 0 Å². The number of β-lactam (4-membered cyclic amide) rings is 1. The number of nitrogens with two attached hydrogens (primary N) is 1. The number of hydrogen-bond acceptors (Lipinski definition) is 6. The molecule has 10 heteroatoms. The largest absolute Gasteiger partial charge is 0.498 e. The number of hydrogen-bond donors (Lipinski definition) is 3. The number of thioether (sulfide) groups is 1. The van der Waals surface area contributed by atoms with Gasteiger partial charge in [-0.2, -0.15) is 0 Å². The van der Waals surface area contributed by atoms with E-state index in [9.17, 15) is 19.5 Å². The number of rotatable bonds is 5. The van der Waals surface area contributed by atoms with E-state index in [-0.39, 0.29) is 23.9 Å². The van der Waals surface area contributed by atoms with Crippen LogP contribution in [0.5, 0.6) is 0 Å². The van der Waals surface area contributed by atoms with Crippen LogP contribution in [0.3, 0.4) is 0 Å². The average Bonchev–Trinajstić information content (AvgIpc) is 2.64. The van der Waals surface area contributed by atoms with Gasteiger partial charge in [0.15, 0.2) is 5.70 Å². The molecule has 1 saturated heterocycles. The lowest BCUT2D eigenvalue weighted by molar-refractivity contribution is -0.151. The minimum atomic E-state index is -1.23. The van der Waals surface area contributed by atoms with Gasteiger partial charge < -0.3 is 20.9 Å². The van der Waals surface area contributed by atoms with Gasteiger partial charge in [0.2, 0.25) is 5.91 Å². The van der Waals surface area contributed by atoms with Crippen molar-refractivity contribution in [3.05, 3.63) is 47.4 Å². The van der Waals surface area contributed by atoms with E-state index in [1.807, 2.05) is 6.07 Å². The van der Waals surface area contributed by atoms with E-state index in [0.717, 1.165) is 4.90 Å². The third-order valence-corrected chi connectivity index (χ3v) is 5.37. The Morgan fingerprint density at radius 1 is 1.38 bits per heavy atom. The van der Waals surface area contributed by atoms with Crippen LogP contribution in [0, 0.1) is 0 Å². The zero-order valence-electron chi connectivity index (χ0n) is 13.7. The molecule has 26 heavy (non-hydrogen) atoms. The summed E-state index contributed by atoms with van der Waals surface area (Å²) >= 11 is 1.33. The van der Waals surface area contributed by atoms with Gasteiger partial charge in [0.25, 0.3) is 5.91 Å². The zero-order valence-corrected chi connectivity index (χ0v) is 15.4. The number of nitrogens with zero attached hydrogens (tertiary/aromatic N) is 1. The molecule has 0 spiro atoms. The molecule has 2 aliphatic rings. The number of carbonyl (C=O) groups is 3. The maximum Gasteiger partial charge on any atom is 0.356 e. The average molecular weight is 400 g/mol. The number of carboxylic acid groups (broad SMARTS) is 1. The standard InChI is InChI=1S/C16H17N3O5S.ClH/c1-24-9-7-25-15-11(14(21)19(15)12(9)16(22)23)18-13(20)10(17)8-5-3-2-4-6-8;/h2-6,10-11,15H,7,17H2,1H3,(H,18,20)(H,22,23);1H/t10-,11+,15-;/m0./s1. The first kappa shape index (κ1) is 20.1. The summed E-state index contributed by atoms with van der Waals surface area (Å²) in [5.74, 6) is -1.67. The van der Waals surface area contributed by atoms with Crippen LogP contribution in [0.15, 0.2) is 41.8 Å². The summed E-state index contributed by atoms with van der Waals surface area (Å²) in [4.78, 5) is 37.3. The molecule has 1 aromatic carbocycles. The highest BCUT2D eigenvalue weighted by Crippen LogP contribution is 2.40. The van der Waals surface area contributed by atoms with Crippen molar-refractivity contribution in [2.45, 2.75) is 17.5 Å². The zero-order chi connectivity index (χ0) is 18.1. The molecule has 140 valence electrons. The Morgan fingerprint density at radius 3 is 2.62 bits per heavy atom. The summed E-state index contributed by atoms with van der Waals surface area (Å²) in [7, 11) is 1.36. The Morgan fingerprint density at radius 2 is 2.04 bits per heavy atom. The summed E-state index contributed by atoms with van der Waals surface area (Å²) in [5, 5.41) is 11.5. The lowest BCUT2D eigenvalue weighted by atomic mass is 10.0. The highest BCUT2D eigenvalue weighted by molar-refractivity contribution is 8.00. The molecule has 1 aromatic rings. The molecule has 8 nitrogen and oxygen atoms in total. The van der Waals surface area contributed by atoms with Crippen LogP contribution >= 0.6 is 24.2 Å². The molecule has 3 rings (SSSR count). The number of fused-ring (bicyclic) bond motifs is 1. The van der Waals surface area contributed by atoms with E-state index < -0.39 is 35.2 Å². The summed E-state index contributed by atoms with van der Waals surface area (Å²) in [6, 6.07) is 7.10. The van der Waals surface area contributed by atoms with E-state index in [1.54, 1.807) is 24.3 Å². The molecule has 2 aliphatic heterocycles. The Bertz CT molecular complexity index is 758. The fraction of sp³-hybridized carbons (Fsp3) is 0.312. The maximum absolute atomic E-state index is 12.4. The fourth-order valence-corrected chi connectivity index (χ4v) is 4.11. The summed E-state index contributed by atoms with van der Waals surface area (Å²) in [5.41, 5.74) is 6.39. The number of halogens is 1. The van der Waals surface area contributed by atoms with Crippen LogP contribution in [0.2, 0.25) is 0 Å². The lowest BCUT2D eigenvalue weighted by Crippen LogP contribution is -2.71. The molecule has 4 N–H and O–H groups in total. The van der Waals surface area contributed by atoms with Crippen LogP contribution in [0.25, 0.3) is 0 Å². The van der Waals surface area contributed by atoms with Crippen molar-refractivity contribution in [3.8, 4) is 0 Å². The lowest BCUT2D eigenvalue weighted by Gasteiger charge is -2.49. The highest BCUT2D eigenvalue weighted by Gasteiger charge is 2.54. The number of benzene rings is 1. The smallest absolute Gasteiger partial charge is 0.356 e. The van der Waals surface area contributed by atoms with Gasteiger partial charge in [0.05, 0.1) is 12.9 Å². The number of aliphatic carboxylic acids is 1. The van der Waals surface area contributed by atoms with Crippen LogP contribution < -0.4 is 11.1 Å². The second-order valence-electron chi connectivity index (χ2n) is 5.57. The molecular formula is C16H18ClN3O5S. The molecule has 0 aromatic heterocycles. The number of nitrogens with one attached hydrogen (secondary N) is 1. The number of methoxy groups -OCH3 is 1. The van der Waals surface area contributed by atoms with Gasteiger partial charge in [0.1, 0.15) is 23.2 Å². The van der Waals surface area contributed by atoms with Crippen molar-refractivity contribution in [2.24, 2.45) is 5.73 Å². The van der Waals surface area contributed by atoms with Crippen molar-refractivity contribution >= 4 is 42.0 Å². The molecule has 3 atom stereocenters. The van der Waals surface area contributed by atoms with Gasteiger partial charge in [-0.25, -0.2) is 4.79 Å². The van der Waals surface area contributed by atoms with Crippen LogP contribution in [-0.2, 0) is 19.1 Å². The Hall–Kier alpha value is -2.23. The van der Waals surface area contributed by atoms with Crippen molar-refractivity contribution in [2.75, 3.05) is 12.9 Å². The molecular weight excluding hydrogens is 382 g/mol. The quantitative estimate of drug-likeness (QED) is 0.614. The Kier molecular flexibility index (Phi) is 6.17. The van der Waals surface area contributed by atoms with Gasteiger partial charge >= 0.3 is 5.97 Å². The van der Waals surface area contributed by atoms with E-state index in [0.29, 0.717) is 11.3 Å². The van der Waals surface area contributed by atoms with E-state index >= 15 is 0 Å². The topological polar surface area (TPSA) is 122 Å². The SMILES string of the molecule is COC1=C(C(=O)O)N2C(=O)[C@@H](NC(=O)[C@@H](N)c3ccccc3)[C@@H]2SC1.Cl. The normalized spacial score (nSPS) is 22.5. The molecule has 2 heterocycles. The first-order valence-corrected chi connectivity index (χ1v) is 8.56. The highest BCUT2D eigenvalue weighted by atomic mass is 35.5. The first-order valence-electron chi connectivity index (χ1n) is 7.51. The van der Waals surface area contributed by atoms with Crippen LogP contribution in [-0.4, -0.2) is 52.1 Å². The molecule has 0 unspecified atom stereocenters. The maximum atomic E-state index is 12.4. The molecule has 1 fully saturated rings. The molecule has 2 amide bonds. The first-order chi connectivity index (χ1) is 12.0. The second-order valence-corrected chi connectivity index (χ2v) is 6.67. The van der Waals surface area contributed by atoms with Crippen molar-refractivity contribution < 1.29 is 24.2 Å². The molecule has 0 bridgehead atoms. The Balaban J connectivity index is 0.00000243. The van der Waals surface area contributed by atoms with Crippen molar-refractivity contribution in [3.63, 3.8) is 0 Å². The minimum Gasteiger partial charge on any atom is -0.498 e. The summed E-state index contributed by atoms with van der Waals surface area (Å²) in [6.45, 7) is 0. The van der Waals surface area contributed by atoms with E-state index in [1.165, 1.54) is 18.9 Å². The number of carbonyl (C=O) groups excluding carboxylic acids is 2. The number of carboxylic acids is 1. The van der Waals surface area contributed by atoms with Crippen LogP contribution in [0.4, 0.5) is 0 Å². The predicted octanol–water partition coefficient (Wildman–Crippen LogP) is 0.451. The van der Waals surface area contributed by atoms with Gasteiger partial charge in [-0.1, -0.05) is 30.3 Å². The van der Waals surface area contributed by atoms with Gasteiger partial charge in [0, 0.05) is 0 Å². The predicted molar refractivity (Wildman–Crippen MR) is 97.3 cm³/mol. The van der Waals surface area contributed by atoms with Gasteiger partial charge in [-0.3, -0.25) is 14.5 Å². The van der Waals surface area contributed by atoms with E-state index in [2.05, 4.69) is 5.32 Å². The number of ether oxygens (including phenoxy) is 1. The third kappa shape index (κ3) is 3.37. The summed E-state index contributed by atoms with van der Waals surface area (Å²) in [6.07, 6.45) is 0. The molecule has 0 aliphatic carbocycles. The third-order valence-electron chi connectivity index (χ3n) is 4.12. The fourth-order valence-electron chi connectivity index (χ4n) is 2.80. The van der Waals surface area contributed by atoms with Gasteiger partial charge in [-0.05, 0) is 5.56 Å². The molecule has 0 radical (unpaired) electrons. The van der Waals surface area contributed by atoms with Gasteiger partial charge in [-0.15, -0.1) is 24.2 Å². The monoisotopic (exact) mass is 399 g/mol.